The zero-order chi connectivity index (χ0) is 29.8. The van der Waals surface area contributed by atoms with Crippen LogP contribution in [0.25, 0.3) is 0 Å². The van der Waals surface area contributed by atoms with E-state index in [-0.39, 0.29) is 19.1 Å². The van der Waals surface area contributed by atoms with Crippen LogP contribution >= 0.6 is 0 Å². The van der Waals surface area contributed by atoms with Gasteiger partial charge in [-0.3, -0.25) is 4.79 Å². The lowest BCUT2D eigenvalue weighted by Gasteiger charge is -2.62. The van der Waals surface area contributed by atoms with Crippen molar-refractivity contribution in [2.24, 2.45) is 22.7 Å². The van der Waals surface area contributed by atoms with E-state index in [9.17, 15) is 30.0 Å². The highest BCUT2D eigenvalue weighted by Gasteiger charge is 2.89. The Morgan fingerprint density at radius 1 is 1.07 bits per heavy atom. The zero-order valence-electron chi connectivity index (χ0n) is 24.0. The summed E-state index contributed by atoms with van der Waals surface area (Å²) in [6.45, 7) is 5.30. The number of epoxide rings is 1. The van der Waals surface area contributed by atoms with Crippen LogP contribution in [0.3, 0.4) is 0 Å². The Bertz CT molecular complexity index is 1330. The van der Waals surface area contributed by atoms with Gasteiger partial charge in [-0.15, -0.1) is 0 Å². The normalized spacial score (nSPS) is 59.2. The van der Waals surface area contributed by atoms with E-state index in [4.69, 9.17) is 28.4 Å². The number of fused-ring (bicyclic) bond motifs is 5. The number of rotatable bonds is 2. The quantitative estimate of drug-likeness (QED) is 0.187. The number of hydrogen-bond acceptors (Lipinski definition) is 12. The second kappa shape index (κ2) is 8.29. The fourth-order valence-corrected chi connectivity index (χ4v) is 10.3. The molecule has 3 saturated heterocycles. The molecule has 8 rings (SSSR count). The molecule has 4 N–H and O–H groups in total. The second-order valence-electron chi connectivity index (χ2n) is 14.1. The average molecular weight is 591 g/mol. The third-order valence-electron chi connectivity index (χ3n) is 12.2. The van der Waals surface area contributed by atoms with Gasteiger partial charge in [0.2, 0.25) is 12.1 Å². The molecule has 15 atom stereocenters. The number of carbonyl (C=O) groups is 2. The fraction of sp³-hybridized carbons (Fsp3) is 0.800. The van der Waals surface area contributed by atoms with Gasteiger partial charge in [0.25, 0.3) is 0 Å². The van der Waals surface area contributed by atoms with E-state index >= 15 is 0 Å². The van der Waals surface area contributed by atoms with Crippen LogP contribution in [0, 0.1) is 22.7 Å². The van der Waals surface area contributed by atoms with Gasteiger partial charge < -0.3 is 48.8 Å². The number of aliphatic hydroxyl groups excluding tert-OH is 2. The number of Topliss-reactive ketones (excluding diaryl/α,β-unsaturated/α-hetero) is 1. The topological polar surface area (TPSA) is 174 Å². The SMILES string of the molecule is CO[C@@H]1C[C@@H](C)O[C@H]2O[C@@H]3C[C@@]4(C)C(=C[C@H]3O[C@]21O)C[C@@H]1O[C@]12[C@@H]4[C@H](O)C(=O)[C@]1(C)[C@@H](C3=CC(=O)OC3)C(O)C[C@]21O. The maximum Gasteiger partial charge on any atom is 0.331 e. The van der Waals surface area contributed by atoms with Gasteiger partial charge in [0.1, 0.15) is 36.1 Å². The largest absolute Gasteiger partial charge is 0.458 e. The van der Waals surface area contributed by atoms with Gasteiger partial charge >= 0.3 is 5.97 Å². The van der Waals surface area contributed by atoms with Crippen molar-refractivity contribution in [1.82, 2.24) is 0 Å². The maximum atomic E-state index is 14.3. The number of carbonyl (C=O) groups excluding carboxylic acids is 2. The fourth-order valence-electron chi connectivity index (χ4n) is 10.3. The highest BCUT2D eigenvalue weighted by Crippen LogP contribution is 2.76. The standard InChI is InChI=1S/C30H38O12/c1-12-5-19(37-4)30(36)25(39-12)40-17-10-26(2)14(7-16(17)41-30)8-18-29(42-18)23(26)22(33)24(34)27(3)21(13-6-20(32)38-11-13)15(31)9-28(27,29)35/h6-7,12,15-19,21-23,25,31,33,35-36H,5,8-11H2,1-4H3/t12-,15?,16-,17-,18+,19-,21+,22+,23-,25+,26+,27+,28-,29+,30+/m1/s1. The predicted octanol–water partition coefficient (Wildman–Crippen LogP) is -0.352. The third kappa shape index (κ3) is 2.99. The van der Waals surface area contributed by atoms with E-state index in [1.54, 1.807) is 6.92 Å². The summed E-state index contributed by atoms with van der Waals surface area (Å²) in [5.41, 5.74) is -4.27. The summed E-state index contributed by atoms with van der Waals surface area (Å²) in [6.07, 6.45) is -2.25. The molecule has 4 heterocycles. The van der Waals surface area contributed by atoms with Crippen molar-refractivity contribution in [2.45, 2.75) is 112 Å². The molecular weight excluding hydrogens is 552 g/mol. The van der Waals surface area contributed by atoms with Crippen LogP contribution < -0.4 is 0 Å². The van der Waals surface area contributed by atoms with Crippen LogP contribution in [0.5, 0.6) is 0 Å². The Morgan fingerprint density at radius 2 is 1.83 bits per heavy atom. The number of ketones is 1. The molecule has 3 saturated carbocycles. The summed E-state index contributed by atoms with van der Waals surface area (Å²) in [5.74, 6) is -4.73. The van der Waals surface area contributed by atoms with Gasteiger partial charge in [-0.25, -0.2) is 4.79 Å². The molecule has 8 aliphatic rings. The van der Waals surface area contributed by atoms with Crippen molar-refractivity contribution in [3.63, 3.8) is 0 Å². The molecular formula is C30H38O12. The van der Waals surface area contributed by atoms with Gasteiger partial charge in [0, 0.05) is 37.9 Å². The molecule has 230 valence electrons. The van der Waals surface area contributed by atoms with Gasteiger partial charge in [0.05, 0.1) is 29.8 Å². The Labute approximate surface area is 242 Å². The molecule has 12 nitrogen and oxygen atoms in total. The first-order valence-electron chi connectivity index (χ1n) is 14.9. The maximum absolute atomic E-state index is 14.3. The smallest absolute Gasteiger partial charge is 0.331 e. The molecule has 0 bridgehead atoms. The molecule has 0 aromatic rings. The van der Waals surface area contributed by atoms with Crippen LogP contribution in [0.15, 0.2) is 23.3 Å². The molecule has 6 fully saturated rings. The summed E-state index contributed by atoms with van der Waals surface area (Å²) in [7, 11) is 1.51. The van der Waals surface area contributed by atoms with Crippen molar-refractivity contribution in [1.29, 1.82) is 0 Å². The number of hydrogen-bond donors (Lipinski definition) is 4. The second-order valence-corrected chi connectivity index (χ2v) is 14.1. The lowest BCUT2D eigenvalue weighted by molar-refractivity contribution is -0.449. The van der Waals surface area contributed by atoms with Gasteiger partial charge in [0.15, 0.2) is 5.78 Å². The number of esters is 1. The highest BCUT2D eigenvalue weighted by atomic mass is 16.8. The van der Waals surface area contributed by atoms with Crippen molar-refractivity contribution in [3.05, 3.63) is 23.3 Å². The van der Waals surface area contributed by atoms with Crippen LogP contribution in [0.2, 0.25) is 0 Å². The first kappa shape index (κ1) is 27.8. The Morgan fingerprint density at radius 3 is 2.52 bits per heavy atom. The summed E-state index contributed by atoms with van der Waals surface area (Å²) >= 11 is 0. The number of aliphatic hydroxyl groups is 4. The predicted molar refractivity (Wildman–Crippen MR) is 138 cm³/mol. The minimum Gasteiger partial charge on any atom is -0.458 e. The molecule has 12 heteroatoms. The molecule has 1 unspecified atom stereocenters. The van der Waals surface area contributed by atoms with E-state index < -0.39 is 94.3 Å². The van der Waals surface area contributed by atoms with Crippen molar-refractivity contribution in [2.75, 3.05) is 13.7 Å². The molecule has 4 aliphatic heterocycles. The Balaban J connectivity index is 1.19. The summed E-state index contributed by atoms with van der Waals surface area (Å²) in [6, 6.07) is 0. The lowest BCUT2D eigenvalue weighted by Crippen LogP contribution is -2.75. The van der Waals surface area contributed by atoms with Gasteiger partial charge in [-0.2, -0.15) is 0 Å². The van der Waals surface area contributed by atoms with Crippen LogP contribution in [0.4, 0.5) is 0 Å². The molecule has 42 heavy (non-hydrogen) atoms. The van der Waals surface area contributed by atoms with E-state index in [2.05, 4.69) is 0 Å². The number of ether oxygens (including phenoxy) is 6. The number of cyclic esters (lactones) is 1. The Kier molecular flexibility index (Phi) is 5.48. The van der Waals surface area contributed by atoms with E-state index in [1.165, 1.54) is 13.2 Å². The van der Waals surface area contributed by atoms with E-state index in [1.807, 2.05) is 19.9 Å². The first-order valence-corrected chi connectivity index (χ1v) is 14.9. The minimum absolute atomic E-state index is 0.0839. The van der Waals surface area contributed by atoms with Crippen LogP contribution in [-0.2, 0) is 38.0 Å². The minimum atomic E-state index is -1.81. The zero-order valence-corrected chi connectivity index (χ0v) is 24.0. The van der Waals surface area contributed by atoms with Crippen LogP contribution in [0.1, 0.15) is 46.5 Å². The monoisotopic (exact) mass is 590 g/mol. The summed E-state index contributed by atoms with van der Waals surface area (Å²) < 4.78 is 35.6. The Hall–Kier alpha value is -1.74. The van der Waals surface area contributed by atoms with Crippen LogP contribution in [-0.4, -0.2) is 112 Å². The van der Waals surface area contributed by atoms with Crippen molar-refractivity contribution < 1.29 is 58.4 Å². The molecule has 0 amide bonds. The molecule has 0 radical (unpaired) electrons. The molecule has 4 aliphatic carbocycles. The molecule has 0 aromatic carbocycles. The lowest BCUT2D eigenvalue weighted by atomic mass is 9.43. The summed E-state index contributed by atoms with van der Waals surface area (Å²) in [4.78, 5) is 26.2. The number of methoxy groups -OCH3 is 1. The average Bonchev–Trinajstić information content (AvgIpc) is 3.41. The first-order chi connectivity index (χ1) is 19.7. The molecule has 1 spiro atoms. The van der Waals surface area contributed by atoms with Crippen molar-refractivity contribution in [3.8, 4) is 0 Å². The molecule has 0 aromatic heterocycles. The highest BCUT2D eigenvalue weighted by molar-refractivity contribution is 5.94. The third-order valence-corrected chi connectivity index (χ3v) is 12.2. The van der Waals surface area contributed by atoms with E-state index in [0.29, 0.717) is 24.8 Å². The van der Waals surface area contributed by atoms with Crippen molar-refractivity contribution >= 4 is 11.8 Å². The van der Waals surface area contributed by atoms with E-state index in [0.717, 1.165) is 5.57 Å². The van der Waals surface area contributed by atoms with Gasteiger partial charge in [-0.1, -0.05) is 18.6 Å². The summed E-state index contributed by atoms with van der Waals surface area (Å²) in [5, 5.41) is 47.3. The van der Waals surface area contributed by atoms with Gasteiger partial charge in [-0.05, 0) is 37.7 Å².